The normalized spacial score (nSPS) is 13.4. The molecule has 0 aliphatic rings. The fourth-order valence-corrected chi connectivity index (χ4v) is 2.45. The van der Waals surface area contributed by atoms with E-state index in [0.29, 0.717) is 17.3 Å². The Labute approximate surface area is 145 Å². The second-order valence-corrected chi connectivity index (χ2v) is 6.29. The monoisotopic (exact) mass is 352 g/mol. The lowest BCUT2D eigenvalue weighted by atomic mass is 9.89. The largest absolute Gasteiger partial charge is 0.310 e. The third-order valence-corrected chi connectivity index (χ3v) is 4.38. The van der Waals surface area contributed by atoms with Gasteiger partial charge in [0.2, 0.25) is 5.91 Å². The van der Waals surface area contributed by atoms with Gasteiger partial charge in [-0.1, -0.05) is 31.5 Å². The van der Waals surface area contributed by atoms with Crippen LogP contribution in [0.4, 0.5) is 14.6 Å². The summed E-state index contributed by atoms with van der Waals surface area (Å²) in [4.78, 5) is 16.3. The van der Waals surface area contributed by atoms with Crippen LogP contribution < -0.4 is 5.32 Å². The van der Waals surface area contributed by atoms with E-state index in [1.807, 2.05) is 6.92 Å². The van der Waals surface area contributed by atoms with E-state index in [-0.39, 0.29) is 29.7 Å². The van der Waals surface area contributed by atoms with E-state index >= 15 is 0 Å². The number of nitrogens with zero attached hydrogens (tertiary/aromatic N) is 1. The van der Waals surface area contributed by atoms with Gasteiger partial charge in [-0.2, -0.15) is 0 Å². The first-order valence-corrected chi connectivity index (χ1v) is 8.11. The van der Waals surface area contributed by atoms with Crippen molar-refractivity contribution in [1.82, 2.24) is 4.98 Å². The Bertz CT molecular complexity index is 686. The molecule has 1 aromatic heterocycles. The number of carbonyl (C=O) groups is 1. The molecule has 0 aliphatic heterocycles. The predicted molar refractivity (Wildman–Crippen MR) is 90.9 cm³/mol. The molecule has 2 aromatic rings. The maximum atomic E-state index is 13.6. The van der Waals surface area contributed by atoms with Crippen molar-refractivity contribution in [2.75, 3.05) is 5.32 Å². The molecule has 24 heavy (non-hydrogen) atoms. The number of anilines is 1. The zero-order valence-electron chi connectivity index (χ0n) is 13.5. The van der Waals surface area contributed by atoms with Gasteiger partial charge in [0.1, 0.15) is 17.5 Å². The van der Waals surface area contributed by atoms with Gasteiger partial charge in [-0.05, 0) is 43.0 Å². The first-order chi connectivity index (χ1) is 11.4. The van der Waals surface area contributed by atoms with Gasteiger partial charge in [0.05, 0.1) is 5.02 Å². The number of halogens is 3. The molecule has 2 atom stereocenters. The quantitative estimate of drug-likeness (QED) is 0.806. The van der Waals surface area contributed by atoms with Gasteiger partial charge in [-0.25, -0.2) is 13.8 Å². The van der Waals surface area contributed by atoms with Gasteiger partial charge in [0.25, 0.3) is 0 Å². The molecule has 1 heterocycles. The molecule has 0 saturated carbocycles. The molecule has 0 saturated heterocycles. The van der Waals surface area contributed by atoms with Crippen LogP contribution in [0.3, 0.4) is 0 Å². The molecule has 128 valence electrons. The second kappa shape index (κ2) is 8.20. The van der Waals surface area contributed by atoms with Crippen molar-refractivity contribution in [3.05, 3.63) is 58.7 Å². The molecule has 0 aliphatic carbocycles. The Kier molecular flexibility index (Phi) is 6.26. The van der Waals surface area contributed by atoms with Gasteiger partial charge in [0, 0.05) is 17.7 Å². The number of pyridine rings is 1. The van der Waals surface area contributed by atoms with Crippen molar-refractivity contribution in [3.63, 3.8) is 0 Å². The fraction of sp³-hybridized carbons (Fsp3) is 0.333. The van der Waals surface area contributed by atoms with Gasteiger partial charge < -0.3 is 5.32 Å². The van der Waals surface area contributed by atoms with Crippen LogP contribution in [0, 0.1) is 23.5 Å². The average Bonchev–Trinajstić information content (AvgIpc) is 2.55. The number of carbonyl (C=O) groups excluding carboxylic acids is 1. The number of benzene rings is 1. The SMILES string of the molecule is CC(CCc1c(F)cccc1F)C(C)C(=O)Nc1ccc(Cl)cn1. The molecule has 6 heteroatoms. The molecule has 3 nitrogen and oxygen atoms in total. The van der Waals surface area contributed by atoms with Crippen LogP contribution >= 0.6 is 11.6 Å². The molecule has 0 spiro atoms. The highest BCUT2D eigenvalue weighted by molar-refractivity contribution is 6.30. The minimum atomic E-state index is -0.551. The summed E-state index contributed by atoms with van der Waals surface area (Å²) in [5.41, 5.74) is 0.0660. The van der Waals surface area contributed by atoms with Crippen molar-refractivity contribution in [2.24, 2.45) is 11.8 Å². The first kappa shape index (κ1) is 18.3. The maximum Gasteiger partial charge on any atom is 0.228 e. The third kappa shape index (κ3) is 4.74. The van der Waals surface area contributed by atoms with Crippen molar-refractivity contribution in [2.45, 2.75) is 26.7 Å². The van der Waals surface area contributed by atoms with Crippen LogP contribution in [0.1, 0.15) is 25.8 Å². The predicted octanol–water partition coefficient (Wildman–Crippen LogP) is 4.86. The summed E-state index contributed by atoms with van der Waals surface area (Å²) in [7, 11) is 0. The van der Waals surface area contributed by atoms with Gasteiger partial charge in [0.15, 0.2) is 0 Å². The first-order valence-electron chi connectivity index (χ1n) is 7.73. The highest BCUT2D eigenvalue weighted by atomic mass is 35.5. The number of rotatable bonds is 6. The van der Waals surface area contributed by atoms with Crippen LogP contribution in [-0.2, 0) is 11.2 Å². The van der Waals surface area contributed by atoms with Crippen LogP contribution in [-0.4, -0.2) is 10.9 Å². The Balaban J connectivity index is 1.92. The van der Waals surface area contributed by atoms with Gasteiger partial charge in [-0.15, -0.1) is 0 Å². The lowest BCUT2D eigenvalue weighted by Crippen LogP contribution is -2.26. The molecule has 0 bridgehead atoms. The van der Waals surface area contributed by atoms with E-state index in [4.69, 9.17) is 11.6 Å². The van der Waals surface area contributed by atoms with Crippen LogP contribution in [0.5, 0.6) is 0 Å². The average molecular weight is 353 g/mol. The summed E-state index contributed by atoms with van der Waals surface area (Å²) in [5.74, 6) is -1.24. The fourth-order valence-electron chi connectivity index (χ4n) is 2.34. The van der Waals surface area contributed by atoms with E-state index in [9.17, 15) is 13.6 Å². The third-order valence-electron chi connectivity index (χ3n) is 4.16. The number of hydrogen-bond acceptors (Lipinski definition) is 2. The molecule has 2 rings (SSSR count). The molecule has 1 aromatic carbocycles. The standard InChI is InChI=1S/C18H19ClF2N2O/c1-11(6-8-14-15(20)4-3-5-16(14)21)12(2)18(24)23-17-9-7-13(19)10-22-17/h3-5,7,9-12H,6,8H2,1-2H3,(H,22,23,24). The number of nitrogens with one attached hydrogen (secondary N) is 1. The zero-order chi connectivity index (χ0) is 17.7. The molecule has 1 amide bonds. The van der Waals surface area contributed by atoms with Gasteiger partial charge >= 0.3 is 0 Å². The second-order valence-electron chi connectivity index (χ2n) is 5.86. The maximum absolute atomic E-state index is 13.6. The number of aromatic nitrogens is 1. The van der Waals surface area contributed by atoms with Crippen LogP contribution in [0.15, 0.2) is 36.5 Å². The van der Waals surface area contributed by atoms with Crippen molar-refractivity contribution >= 4 is 23.3 Å². The van der Waals surface area contributed by atoms with E-state index in [0.717, 1.165) is 0 Å². The van der Waals surface area contributed by atoms with E-state index < -0.39 is 11.6 Å². The molecular formula is C18H19ClF2N2O. The highest BCUT2D eigenvalue weighted by Gasteiger charge is 2.21. The summed E-state index contributed by atoms with van der Waals surface area (Å²) >= 11 is 5.75. The molecule has 1 N–H and O–H groups in total. The van der Waals surface area contributed by atoms with Crippen LogP contribution in [0.25, 0.3) is 0 Å². The lowest BCUT2D eigenvalue weighted by molar-refractivity contribution is -0.120. The summed E-state index contributed by atoms with van der Waals surface area (Å²) in [6.45, 7) is 3.67. The summed E-state index contributed by atoms with van der Waals surface area (Å²) in [6, 6.07) is 7.08. The Morgan fingerprint density at radius 2 is 1.88 bits per heavy atom. The lowest BCUT2D eigenvalue weighted by Gasteiger charge is -2.19. The van der Waals surface area contributed by atoms with Crippen LogP contribution in [0.2, 0.25) is 5.02 Å². The summed E-state index contributed by atoms with van der Waals surface area (Å²) in [6.07, 6.45) is 2.20. The summed E-state index contributed by atoms with van der Waals surface area (Å²) in [5, 5.41) is 3.20. The van der Waals surface area contributed by atoms with Crippen molar-refractivity contribution < 1.29 is 13.6 Å². The van der Waals surface area contributed by atoms with Crippen molar-refractivity contribution in [1.29, 1.82) is 0 Å². The Morgan fingerprint density at radius 1 is 1.21 bits per heavy atom. The van der Waals surface area contributed by atoms with E-state index in [1.165, 1.54) is 24.4 Å². The number of amides is 1. The smallest absolute Gasteiger partial charge is 0.228 e. The Hall–Kier alpha value is -2.01. The Morgan fingerprint density at radius 3 is 2.46 bits per heavy atom. The number of hydrogen-bond donors (Lipinski definition) is 1. The zero-order valence-corrected chi connectivity index (χ0v) is 14.3. The van der Waals surface area contributed by atoms with E-state index in [2.05, 4.69) is 10.3 Å². The minimum absolute atomic E-state index is 0.0451. The topological polar surface area (TPSA) is 42.0 Å². The minimum Gasteiger partial charge on any atom is -0.310 e. The van der Waals surface area contributed by atoms with Gasteiger partial charge in [-0.3, -0.25) is 4.79 Å². The highest BCUT2D eigenvalue weighted by Crippen LogP contribution is 2.22. The molecule has 2 unspecified atom stereocenters. The van der Waals surface area contributed by atoms with E-state index in [1.54, 1.807) is 19.1 Å². The van der Waals surface area contributed by atoms with Crippen molar-refractivity contribution in [3.8, 4) is 0 Å². The molecular weight excluding hydrogens is 334 g/mol. The summed E-state index contributed by atoms with van der Waals surface area (Å²) < 4.78 is 27.3. The molecule has 0 radical (unpaired) electrons. The molecule has 0 fully saturated rings.